The highest BCUT2D eigenvalue weighted by molar-refractivity contribution is 6.62. The fourth-order valence-electron chi connectivity index (χ4n) is 1.81. The lowest BCUT2D eigenvalue weighted by Crippen LogP contribution is -2.30. The number of fused-ring (bicyclic) bond motifs is 1. The van der Waals surface area contributed by atoms with Gasteiger partial charge >= 0.3 is 13.3 Å². The van der Waals surface area contributed by atoms with Gasteiger partial charge in [-0.15, -0.1) is 0 Å². The van der Waals surface area contributed by atoms with E-state index in [4.69, 9.17) is 10.0 Å². The minimum atomic E-state index is -4.46. The van der Waals surface area contributed by atoms with Crippen molar-refractivity contribution in [3.63, 3.8) is 0 Å². The van der Waals surface area contributed by atoms with Gasteiger partial charge in [0.05, 0.1) is 5.56 Å². The molecule has 2 aromatic rings. The normalized spacial score (nSPS) is 11.8. The highest BCUT2D eigenvalue weighted by Crippen LogP contribution is 2.34. The predicted molar refractivity (Wildman–Crippen MR) is 58.8 cm³/mol. The van der Waals surface area contributed by atoms with E-state index in [0.29, 0.717) is 0 Å². The van der Waals surface area contributed by atoms with Crippen molar-refractivity contribution in [3.05, 3.63) is 42.0 Å². The summed E-state index contributed by atoms with van der Waals surface area (Å²) in [5, 5.41) is 18.3. The molecule has 0 unspecified atom stereocenters. The average Bonchev–Trinajstić information content (AvgIpc) is 2.26. The number of halogens is 3. The minimum absolute atomic E-state index is 0.0365. The van der Waals surface area contributed by atoms with Gasteiger partial charge in [-0.25, -0.2) is 0 Å². The van der Waals surface area contributed by atoms with Gasteiger partial charge in [-0.3, -0.25) is 0 Å². The fraction of sp³-hybridized carbons (Fsp3) is 0.0909. The Balaban J connectivity index is 2.79. The van der Waals surface area contributed by atoms with Crippen LogP contribution in [0.5, 0.6) is 0 Å². The van der Waals surface area contributed by atoms with Crippen LogP contribution in [-0.2, 0) is 6.18 Å². The first-order valence-electron chi connectivity index (χ1n) is 4.86. The summed E-state index contributed by atoms with van der Waals surface area (Å²) in [5.74, 6) is 0. The molecule has 17 heavy (non-hydrogen) atoms. The van der Waals surface area contributed by atoms with E-state index in [1.165, 1.54) is 30.3 Å². The Bertz CT molecular complexity index is 552. The minimum Gasteiger partial charge on any atom is -0.423 e. The number of alkyl halides is 3. The van der Waals surface area contributed by atoms with Crippen LogP contribution < -0.4 is 5.46 Å². The summed E-state index contributed by atoms with van der Waals surface area (Å²) >= 11 is 0. The standard InChI is InChI=1S/C11H8BF3O2/c13-11(14,15)9-5-1-4-8-7(9)3-2-6-10(8)12(16)17/h1-6,16-17H. The van der Waals surface area contributed by atoms with Crippen molar-refractivity contribution < 1.29 is 23.2 Å². The summed E-state index contributed by atoms with van der Waals surface area (Å²) in [6.45, 7) is 0. The molecule has 0 atom stereocenters. The first-order chi connectivity index (χ1) is 7.91. The van der Waals surface area contributed by atoms with Crippen molar-refractivity contribution in [1.29, 1.82) is 0 Å². The van der Waals surface area contributed by atoms with Crippen LogP contribution in [0.2, 0.25) is 0 Å². The zero-order chi connectivity index (χ0) is 12.6. The summed E-state index contributed by atoms with van der Waals surface area (Å²) in [6.07, 6.45) is -4.46. The van der Waals surface area contributed by atoms with Crippen LogP contribution in [0.1, 0.15) is 5.56 Å². The molecule has 2 nitrogen and oxygen atoms in total. The molecule has 0 aliphatic heterocycles. The Kier molecular flexibility index (Phi) is 2.85. The first kappa shape index (κ1) is 11.9. The second-order valence-electron chi connectivity index (χ2n) is 3.62. The van der Waals surface area contributed by atoms with E-state index >= 15 is 0 Å². The zero-order valence-corrected chi connectivity index (χ0v) is 8.57. The molecule has 0 heterocycles. The van der Waals surface area contributed by atoms with Crippen LogP contribution in [-0.4, -0.2) is 17.2 Å². The molecule has 0 saturated heterocycles. The maximum Gasteiger partial charge on any atom is 0.489 e. The van der Waals surface area contributed by atoms with E-state index in [-0.39, 0.29) is 16.2 Å². The van der Waals surface area contributed by atoms with E-state index in [1.807, 2.05) is 0 Å². The molecule has 0 aromatic heterocycles. The molecule has 0 spiro atoms. The molecule has 88 valence electrons. The fourth-order valence-corrected chi connectivity index (χ4v) is 1.81. The summed E-state index contributed by atoms with van der Waals surface area (Å²) in [4.78, 5) is 0. The molecular weight excluding hydrogens is 232 g/mol. The zero-order valence-electron chi connectivity index (χ0n) is 8.57. The molecule has 0 amide bonds. The van der Waals surface area contributed by atoms with Gasteiger partial charge in [0.2, 0.25) is 0 Å². The van der Waals surface area contributed by atoms with Gasteiger partial charge in [-0.05, 0) is 22.3 Å². The number of hydrogen-bond acceptors (Lipinski definition) is 2. The SMILES string of the molecule is OB(O)c1cccc2c(C(F)(F)F)cccc12. The molecule has 0 radical (unpaired) electrons. The third-order valence-electron chi connectivity index (χ3n) is 2.54. The van der Waals surface area contributed by atoms with Crippen LogP contribution in [0, 0.1) is 0 Å². The molecule has 2 rings (SSSR count). The Morgan fingerprint density at radius 3 is 2.06 bits per heavy atom. The van der Waals surface area contributed by atoms with E-state index in [0.717, 1.165) is 6.07 Å². The molecule has 2 N–H and O–H groups in total. The highest BCUT2D eigenvalue weighted by Gasteiger charge is 2.32. The molecule has 6 heteroatoms. The maximum absolute atomic E-state index is 12.7. The topological polar surface area (TPSA) is 40.5 Å². The summed E-state index contributed by atoms with van der Waals surface area (Å²) in [5.41, 5.74) is -0.717. The van der Waals surface area contributed by atoms with Crippen LogP contribution in [0.3, 0.4) is 0 Å². The second kappa shape index (κ2) is 4.05. The van der Waals surface area contributed by atoms with Crippen molar-refractivity contribution in [1.82, 2.24) is 0 Å². The van der Waals surface area contributed by atoms with Crippen molar-refractivity contribution >= 4 is 23.4 Å². The molecule has 0 fully saturated rings. The van der Waals surface area contributed by atoms with Crippen molar-refractivity contribution in [2.24, 2.45) is 0 Å². The van der Waals surface area contributed by atoms with Crippen LogP contribution in [0.25, 0.3) is 10.8 Å². The molecule has 0 bridgehead atoms. The van der Waals surface area contributed by atoms with E-state index in [2.05, 4.69) is 0 Å². The Morgan fingerprint density at radius 2 is 1.47 bits per heavy atom. The largest absolute Gasteiger partial charge is 0.489 e. The van der Waals surface area contributed by atoms with Gasteiger partial charge in [0.15, 0.2) is 0 Å². The molecule has 2 aromatic carbocycles. The lowest BCUT2D eigenvalue weighted by molar-refractivity contribution is -0.136. The van der Waals surface area contributed by atoms with Gasteiger partial charge in [0.1, 0.15) is 0 Å². The first-order valence-corrected chi connectivity index (χ1v) is 4.86. The Hall–Kier alpha value is -1.53. The maximum atomic E-state index is 12.7. The van der Waals surface area contributed by atoms with E-state index in [9.17, 15) is 13.2 Å². The van der Waals surface area contributed by atoms with Gasteiger partial charge in [-0.1, -0.05) is 30.3 Å². The van der Waals surface area contributed by atoms with Crippen LogP contribution in [0.4, 0.5) is 13.2 Å². The Labute approximate surface area is 95.5 Å². The van der Waals surface area contributed by atoms with E-state index in [1.54, 1.807) is 0 Å². The summed E-state index contributed by atoms with van der Waals surface area (Å²) in [7, 11) is -1.79. The van der Waals surface area contributed by atoms with Gasteiger partial charge < -0.3 is 10.0 Å². The smallest absolute Gasteiger partial charge is 0.423 e. The monoisotopic (exact) mass is 240 g/mol. The molecule has 0 aliphatic carbocycles. The Morgan fingerprint density at radius 1 is 0.882 bits per heavy atom. The molecular formula is C11H8BF3O2. The highest BCUT2D eigenvalue weighted by atomic mass is 19.4. The summed E-state index contributed by atoms with van der Waals surface area (Å²) < 4.78 is 38.2. The number of hydrogen-bond donors (Lipinski definition) is 2. The predicted octanol–water partition coefficient (Wildman–Crippen LogP) is 1.54. The second-order valence-corrected chi connectivity index (χ2v) is 3.62. The summed E-state index contributed by atoms with van der Waals surface area (Å²) in [6, 6.07) is 7.70. The van der Waals surface area contributed by atoms with Crippen LogP contribution in [0.15, 0.2) is 36.4 Å². The number of rotatable bonds is 1. The van der Waals surface area contributed by atoms with Gasteiger partial charge in [0, 0.05) is 0 Å². The van der Waals surface area contributed by atoms with Crippen molar-refractivity contribution in [2.75, 3.05) is 0 Å². The van der Waals surface area contributed by atoms with Gasteiger partial charge in [-0.2, -0.15) is 13.2 Å². The average molecular weight is 240 g/mol. The van der Waals surface area contributed by atoms with Gasteiger partial charge in [0.25, 0.3) is 0 Å². The lowest BCUT2D eigenvalue weighted by atomic mass is 9.77. The number of benzene rings is 2. The lowest BCUT2D eigenvalue weighted by Gasteiger charge is -2.12. The third kappa shape index (κ3) is 2.14. The molecule has 0 aliphatic rings. The third-order valence-corrected chi connectivity index (χ3v) is 2.54. The van der Waals surface area contributed by atoms with Crippen LogP contribution >= 0.6 is 0 Å². The van der Waals surface area contributed by atoms with Crippen molar-refractivity contribution in [2.45, 2.75) is 6.18 Å². The molecule has 0 saturated carbocycles. The van der Waals surface area contributed by atoms with E-state index < -0.39 is 18.9 Å². The van der Waals surface area contributed by atoms with Crippen molar-refractivity contribution in [3.8, 4) is 0 Å². The quantitative estimate of drug-likeness (QED) is 0.742.